The van der Waals surface area contributed by atoms with Crippen LogP contribution in [0.25, 0.3) is 0 Å². The van der Waals surface area contributed by atoms with E-state index in [1.807, 2.05) is 0 Å². The lowest BCUT2D eigenvalue weighted by molar-refractivity contribution is 0.0949. The van der Waals surface area contributed by atoms with Crippen LogP contribution in [0.1, 0.15) is 26.3 Å². The van der Waals surface area contributed by atoms with Gasteiger partial charge in [-0.3, -0.25) is 14.6 Å². The van der Waals surface area contributed by atoms with E-state index < -0.39 is 5.82 Å². The van der Waals surface area contributed by atoms with Crippen molar-refractivity contribution < 1.29 is 14.0 Å². The number of rotatable bonds is 5. The van der Waals surface area contributed by atoms with Gasteiger partial charge in [0.05, 0.1) is 5.56 Å². The van der Waals surface area contributed by atoms with Gasteiger partial charge in [0, 0.05) is 30.2 Å². The van der Waals surface area contributed by atoms with Crippen LogP contribution in [-0.4, -0.2) is 16.8 Å². The summed E-state index contributed by atoms with van der Waals surface area (Å²) in [5, 5.41) is 5.50. The average Bonchev–Trinajstić information content (AvgIpc) is 2.68. The van der Waals surface area contributed by atoms with Gasteiger partial charge in [-0.25, -0.2) is 4.39 Å². The number of halogens is 1. The Balaban J connectivity index is 1.56. The molecular weight excluding hydrogens is 333 g/mol. The highest BCUT2D eigenvalue weighted by Crippen LogP contribution is 2.12. The molecule has 0 aliphatic rings. The number of carbonyl (C=O) groups excluding carboxylic acids is 2. The van der Waals surface area contributed by atoms with E-state index in [1.54, 1.807) is 48.7 Å². The first-order valence-corrected chi connectivity index (χ1v) is 7.96. The van der Waals surface area contributed by atoms with E-state index in [2.05, 4.69) is 15.6 Å². The summed E-state index contributed by atoms with van der Waals surface area (Å²) in [6.45, 7) is 0.353. The monoisotopic (exact) mass is 349 g/mol. The third kappa shape index (κ3) is 4.51. The molecule has 0 unspecified atom stereocenters. The molecule has 1 heterocycles. The molecule has 3 aromatic rings. The molecule has 2 aromatic carbocycles. The van der Waals surface area contributed by atoms with Crippen molar-refractivity contribution in [3.8, 4) is 0 Å². The highest BCUT2D eigenvalue weighted by atomic mass is 19.1. The Bertz CT molecular complexity index is 912. The first-order valence-electron chi connectivity index (χ1n) is 7.96. The van der Waals surface area contributed by atoms with Gasteiger partial charge in [-0.2, -0.15) is 0 Å². The second-order valence-corrected chi connectivity index (χ2v) is 5.59. The molecule has 5 nitrogen and oxygen atoms in total. The maximum Gasteiger partial charge on any atom is 0.255 e. The molecule has 0 saturated carbocycles. The first-order chi connectivity index (χ1) is 12.6. The summed E-state index contributed by atoms with van der Waals surface area (Å²) in [7, 11) is 0. The van der Waals surface area contributed by atoms with E-state index >= 15 is 0 Å². The number of hydrogen-bond donors (Lipinski definition) is 2. The average molecular weight is 349 g/mol. The van der Waals surface area contributed by atoms with Crippen molar-refractivity contribution in [3.05, 3.63) is 95.6 Å². The summed E-state index contributed by atoms with van der Waals surface area (Å²) in [5.41, 5.74) is 2.21. The molecule has 0 aliphatic carbocycles. The molecule has 0 fully saturated rings. The number of nitrogens with zero attached hydrogens (tertiary/aromatic N) is 1. The predicted molar refractivity (Wildman–Crippen MR) is 96.2 cm³/mol. The topological polar surface area (TPSA) is 71.1 Å². The molecule has 6 heteroatoms. The molecule has 0 spiro atoms. The molecule has 0 saturated heterocycles. The van der Waals surface area contributed by atoms with Gasteiger partial charge in [-0.05, 0) is 48.0 Å². The Labute approximate surface area is 149 Å². The zero-order valence-corrected chi connectivity index (χ0v) is 13.8. The number of benzene rings is 2. The smallest absolute Gasteiger partial charge is 0.255 e. The standard InChI is InChI=1S/C20H16FN3O2/c21-17-5-1-3-15(11-17)20(26)24-18-8-6-14(7-9-18)12-23-19(25)16-4-2-10-22-13-16/h1-11,13H,12H2,(H,23,25)(H,24,26). The van der Waals surface area contributed by atoms with Crippen molar-refractivity contribution in [2.24, 2.45) is 0 Å². The second-order valence-electron chi connectivity index (χ2n) is 5.59. The fourth-order valence-corrected chi connectivity index (χ4v) is 2.32. The molecule has 0 radical (unpaired) electrons. The predicted octanol–water partition coefficient (Wildman–Crippen LogP) is 3.40. The van der Waals surface area contributed by atoms with Gasteiger partial charge in [0.1, 0.15) is 5.82 Å². The van der Waals surface area contributed by atoms with Crippen LogP contribution in [0.5, 0.6) is 0 Å². The van der Waals surface area contributed by atoms with Gasteiger partial charge in [-0.15, -0.1) is 0 Å². The fourth-order valence-electron chi connectivity index (χ4n) is 2.32. The molecular formula is C20H16FN3O2. The lowest BCUT2D eigenvalue weighted by Crippen LogP contribution is -2.22. The van der Waals surface area contributed by atoms with Gasteiger partial charge in [0.25, 0.3) is 11.8 Å². The molecule has 1 aromatic heterocycles. The molecule has 0 atom stereocenters. The van der Waals surface area contributed by atoms with E-state index in [4.69, 9.17) is 0 Å². The van der Waals surface area contributed by atoms with Gasteiger partial charge >= 0.3 is 0 Å². The molecule has 2 amide bonds. The minimum absolute atomic E-state index is 0.207. The van der Waals surface area contributed by atoms with E-state index in [-0.39, 0.29) is 17.4 Å². The highest BCUT2D eigenvalue weighted by Gasteiger charge is 2.08. The number of anilines is 1. The third-order valence-electron chi connectivity index (χ3n) is 3.68. The Kier molecular flexibility index (Phi) is 5.34. The van der Waals surface area contributed by atoms with Crippen molar-refractivity contribution in [2.45, 2.75) is 6.54 Å². The fraction of sp³-hybridized carbons (Fsp3) is 0.0500. The maximum atomic E-state index is 13.2. The van der Waals surface area contributed by atoms with Gasteiger partial charge < -0.3 is 10.6 Å². The van der Waals surface area contributed by atoms with E-state index in [9.17, 15) is 14.0 Å². The summed E-state index contributed by atoms with van der Waals surface area (Å²) in [4.78, 5) is 28.0. The lowest BCUT2D eigenvalue weighted by Gasteiger charge is -2.08. The molecule has 0 aliphatic heterocycles. The Morgan fingerprint density at radius 1 is 0.923 bits per heavy atom. The molecule has 0 bridgehead atoms. The van der Waals surface area contributed by atoms with Crippen molar-refractivity contribution in [1.29, 1.82) is 0 Å². The minimum atomic E-state index is -0.461. The highest BCUT2D eigenvalue weighted by molar-refractivity contribution is 6.04. The van der Waals surface area contributed by atoms with Crippen LogP contribution in [0.3, 0.4) is 0 Å². The zero-order chi connectivity index (χ0) is 18.4. The minimum Gasteiger partial charge on any atom is -0.348 e. The molecule has 2 N–H and O–H groups in total. The van der Waals surface area contributed by atoms with Crippen LogP contribution in [0.2, 0.25) is 0 Å². The summed E-state index contributed by atoms with van der Waals surface area (Å²) in [5.74, 6) is -1.05. The molecule has 26 heavy (non-hydrogen) atoms. The van der Waals surface area contributed by atoms with E-state index in [1.165, 1.54) is 24.4 Å². The Morgan fingerprint density at radius 2 is 1.69 bits per heavy atom. The summed E-state index contributed by atoms with van der Waals surface area (Å²) in [6.07, 6.45) is 3.11. The number of nitrogens with one attached hydrogen (secondary N) is 2. The van der Waals surface area contributed by atoms with Crippen molar-refractivity contribution in [1.82, 2.24) is 10.3 Å². The second kappa shape index (κ2) is 8.02. The van der Waals surface area contributed by atoms with Gasteiger partial charge in [0.15, 0.2) is 0 Å². The number of aromatic nitrogens is 1. The largest absolute Gasteiger partial charge is 0.348 e. The third-order valence-corrected chi connectivity index (χ3v) is 3.68. The zero-order valence-electron chi connectivity index (χ0n) is 13.8. The Hall–Kier alpha value is -3.54. The summed E-state index contributed by atoms with van der Waals surface area (Å²) >= 11 is 0. The number of pyridine rings is 1. The van der Waals surface area contributed by atoms with Crippen LogP contribution in [0.4, 0.5) is 10.1 Å². The van der Waals surface area contributed by atoms with E-state index in [0.717, 1.165) is 5.56 Å². The number of amides is 2. The Morgan fingerprint density at radius 3 is 2.38 bits per heavy atom. The van der Waals surface area contributed by atoms with Crippen LogP contribution < -0.4 is 10.6 Å². The lowest BCUT2D eigenvalue weighted by atomic mass is 10.1. The number of hydrogen-bond acceptors (Lipinski definition) is 3. The van der Waals surface area contributed by atoms with Crippen molar-refractivity contribution in [2.75, 3.05) is 5.32 Å². The van der Waals surface area contributed by atoms with Crippen LogP contribution in [0, 0.1) is 5.82 Å². The summed E-state index contributed by atoms with van der Waals surface area (Å²) in [6, 6.07) is 15.9. The normalized spacial score (nSPS) is 10.2. The SMILES string of the molecule is O=C(NCc1ccc(NC(=O)c2cccc(F)c2)cc1)c1cccnc1. The van der Waals surface area contributed by atoms with Crippen molar-refractivity contribution >= 4 is 17.5 Å². The van der Waals surface area contributed by atoms with Crippen LogP contribution in [0.15, 0.2) is 73.1 Å². The first kappa shape index (κ1) is 17.3. The maximum absolute atomic E-state index is 13.2. The summed E-state index contributed by atoms with van der Waals surface area (Å²) < 4.78 is 13.2. The van der Waals surface area contributed by atoms with Gasteiger partial charge in [-0.1, -0.05) is 18.2 Å². The molecule has 130 valence electrons. The van der Waals surface area contributed by atoms with Gasteiger partial charge in [0.2, 0.25) is 0 Å². The van der Waals surface area contributed by atoms with Crippen molar-refractivity contribution in [3.63, 3.8) is 0 Å². The molecule has 3 rings (SSSR count). The van der Waals surface area contributed by atoms with Crippen LogP contribution in [-0.2, 0) is 6.54 Å². The number of carbonyl (C=O) groups is 2. The van der Waals surface area contributed by atoms with E-state index in [0.29, 0.717) is 17.8 Å². The van der Waals surface area contributed by atoms with Crippen LogP contribution >= 0.6 is 0 Å². The quantitative estimate of drug-likeness (QED) is 0.742.